The van der Waals surface area contributed by atoms with Crippen LogP contribution < -0.4 is 4.74 Å². The van der Waals surface area contributed by atoms with Crippen LogP contribution in [0.1, 0.15) is 59.8 Å². The molecule has 0 bridgehead atoms. The van der Waals surface area contributed by atoms with Crippen LogP contribution in [0.3, 0.4) is 0 Å². The Bertz CT molecular complexity index is 1170. The molecule has 1 unspecified atom stereocenters. The Kier molecular flexibility index (Phi) is 7.01. The van der Waals surface area contributed by atoms with Gasteiger partial charge in [0, 0.05) is 26.6 Å². The van der Waals surface area contributed by atoms with Crippen LogP contribution in [-0.2, 0) is 17.8 Å². The van der Waals surface area contributed by atoms with Gasteiger partial charge in [-0.05, 0) is 73.4 Å². The van der Waals surface area contributed by atoms with E-state index in [1.807, 2.05) is 32.0 Å². The van der Waals surface area contributed by atoms with E-state index in [-0.39, 0.29) is 30.3 Å². The zero-order valence-electron chi connectivity index (χ0n) is 19.7. The first-order chi connectivity index (χ1) is 16.4. The third-order valence-corrected chi connectivity index (χ3v) is 6.24. The predicted molar refractivity (Wildman–Crippen MR) is 126 cm³/mol. The van der Waals surface area contributed by atoms with Crippen LogP contribution in [-0.4, -0.2) is 41.2 Å². The second-order valence-corrected chi connectivity index (χ2v) is 8.31. The highest BCUT2D eigenvalue weighted by Gasteiger charge is 2.31. The van der Waals surface area contributed by atoms with E-state index in [4.69, 9.17) is 9.15 Å². The molecule has 178 valence electrons. The van der Waals surface area contributed by atoms with Crippen molar-refractivity contribution in [1.29, 1.82) is 0 Å². The summed E-state index contributed by atoms with van der Waals surface area (Å²) in [4.78, 5) is 28.3. The minimum absolute atomic E-state index is 0.0349. The van der Waals surface area contributed by atoms with Gasteiger partial charge in [0.05, 0.1) is 6.04 Å². The van der Waals surface area contributed by atoms with Crippen molar-refractivity contribution in [1.82, 2.24) is 9.80 Å². The van der Waals surface area contributed by atoms with Crippen molar-refractivity contribution in [2.24, 2.45) is 0 Å². The number of carbonyl (C=O) groups excluding carboxylic acids is 2. The topological polar surface area (TPSA) is 63.0 Å². The summed E-state index contributed by atoms with van der Waals surface area (Å²) in [6, 6.07) is 15.2. The molecule has 0 N–H and O–H groups in total. The Labute approximate surface area is 198 Å². The number of ether oxygens (including phenoxy) is 1. The van der Waals surface area contributed by atoms with Crippen LogP contribution in [0.2, 0.25) is 0 Å². The standard InChI is InChI=1S/C27H29FN2O4/c1-4-29(5-2)27(32)25-13-12-23(34-25)17-33-22-11-8-19-14-15-30(18(3)31)26(24(19)16-22)20-6-9-21(28)10-7-20/h6-13,16,26H,4-5,14-15,17H2,1-3H3. The molecule has 1 aliphatic heterocycles. The number of hydrogen-bond acceptors (Lipinski definition) is 4. The number of furan rings is 1. The van der Waals surface area contributed by atoms with Crippen molar-refractivity contribution in [3.8, 4) is 5.75 Å². The first-order valence-corrected chi connectivity index (χ1v) is 11.6. The van der Waals surface area contributed by atoms with E-state index >= 15 is 0 Å². The molecule has 6 nitrogen and oxygen atoms in total. The summed E-state index contributed by atoms with van der Waals surface area (Å²) in [7, 11) is 0. The molecule has 7 heteroatoms. The summed E-state index contributed by atoms with van der Waals surface area (Å²) >= 11 is 0. The van der Waals surface area contributed by atoms with E-state index < -0.39 is 0 Å². The van der Waals surface area contributed by atoms with Crippen molar-refractivity contribution in [3.63, 3.8) is 0 Å². The molecular weight excluding hydrogens is 435 g/mol. The monoisotopic (exact) mass is 464 g/mol. The summed E-state index contributed by atoms with van der Waals surface area (Å²) in [5.74, 6) is 0.978. The number of benzene rings is 2. The van der Waals surface area contributed by atoms with Gasteiger partial charge in [0.1, 0.15) is 23.9 Å². The van der Waals surface area contributed by atoms with Gasteiger partial charge in [-0.1, -0.05) is 18.2 Å². The second-order valence-electron chi connectivity index (χ2n) is 8.31. The molecule has 1 atom stereocenters. The summed E-state index contributed by atoms with van der Waals surface area (Å²) in [5, 5.41) is 0. The van der Waals surface area contributed by atoms with Crippen LogP contribution in [0.15, 0.2) is 59.0 Å². The van der Waals surface area contributed by atoms with E-state index in [9.17, 15) is 14.0 Å². The molecule has 0 fully saturated rings. The Morgan fingerprint density at radius 3 is 2.50 bits per heavy atom. The van der Waals surface area contributed by atoms with Gasteiger partial charge in [-0.15, -0.1) is 0 Å². The van der Waals surface area contributed by atoms with Gasteiger partial charge in [-0.3, -0.25) is 9.59 Å². The summed E-state index contributed by atoms with van der Waals surface area (Å²) < 4.78 is 25.2. The lowest BCUT2D eigenvalue weighted by molar-refractivity contribution is -0.130. The Balaban J connectivity index is 1.55. The van der Waals surface area contributed by atoms with Gasteiger partial charge in [0.25, 0.3) is 5.91 Å². The third kappa shape index (κ3) is 4.83. The average molecular weight is 465 g/mol. The van der Waals surface area contributed by atoms with E-state index in [2.05, 4.69) is 0 Å². The van der Waals surface area contributed by atoms with Crippen LogP contribution in [0, 0.1) is 5.82 Å². The third-order valence-electron chi connectivity index (χ3n) is 6.24. The summed E-state index contributed by atoms with van der Waals surface area (Å²) in [6.45, 7) is 7.40. The van der Waals surface area contributed by atoms with Crippen LogP contribution in [0.25, 0.3) is 0 Å². The quantitative estimate of drug-likeness (QED) is 0.495. The first kappa shape index (κ1) is 23.5. The van der Waals surface area contributed by atoms with E-state index in [0.717, 1.165) is 23.1 Å². The number of halogens is 1. The normalized spacial score (nSPS) is 15.1. The van der Waals surface area contributed by atoms with E-state index in [1.165, 1.54) is 12.1 Å². The number of hydrogen-bond donors (Lipinski definition) is 0. The molecule has 0 saturated heterocycles. The molecule has 0 spiro atoms. The SMILES string of the molecule is CCN(CC)C(=O)c1ccc(COc2ccc3c(c2)C(c2ccc(F)cc2)N(C(C)=O)CC3)o1. The Morgan fingerprint density at radius 1 is 1.09 bits per heavy atom. The number of fused-ring (bicyclic) bond motifs is 1. The molecule has 2 heterocycles. The molecule has 4 rings (SSSR count). The van der Waals surface area contributed by atoms with Gasteiger partial charge in [0.2, 0.25) is 5.91 Å². The minimum Gasteiger partial charge on any atom is -0.486 e. The molecule has 0 radical (unpaired) electrons. The molecule has 2 amide bonds. The van der Waals surface area contributed by atoms with Gasteiger partial charge in [-0.2, -0.15) is 0 Å². The van der Waals surface area contributed by atoms with Crippen molar-refractivity contribution in [2.75, 3.05) is 19.6 Å². The molecule has 0 saturated carbocycles. The molecule has 2 aromatic carbocycles. The lowest BCUT2D eigenvalue weighted by atomic mass is 9.88. The lowest BCUT2D eigenvalue weighted by Gasteiger charge is -2.37. The zero-order valence-corrected chi connectivity index (χ0v) is 19.7. The first-order valence-electron chi connectivity index (χ1n) is 11.6. The van der Waals surface area contributed by atoms with Crippen molar-refractivity contribution >= 4 is 11.8 Å². The van der Waals surface area contributed by atoms with Crippen molar-refractivity contribution < 1.29 is 23.1 Å². The number of rotatable bonds is 7. The van der Waals surface area contributed by atoms with Crippen LogP contribution in [0.5, 0.6) is 5.75 Å². The fourth-order valence-electron chi connectivity index (χ4n) is 4.42. The number of nitrogens with zero attached hydrogens (tertiary/aromatic N) is 2. The average Bonchev–Trinajstić information content (AvgIpc) is 3.32. The maximum Gasteiger partial charge on any atom is 0.289 e. The summed E-state index contributed by atoms with van der Waals surface area (Å²) in [6.07, 6.45) is 0.738. The van der Waals surface area contributed by atoms with Crippen LogP contribution in [0.4, 0.5) is 4.39 Å². The minimum atomic E-state index is -0.316. The van der Waals surface area contributed by atoms with E-state index in [0.29, 0.717) is 36.9 Å². The van der Waals surface area contributed by atoms with Gasteiger partial charge >= 0.3 is 0 Å². The molecule has 1 aliphatic rings. The van der Waals surface area contributed by atoms with Crippen molar-refractivity contribution in [3.05, 3.63) is 88.6 Å². The maximum atomic E-state index is 13.5. The van der Waals surface area contributed by atoms with Crippen LogP contribution >= 0.6 is 0 Å². The lowest BCUT2D eigenvalue weighted by Crippen LogP contribution is -2.39. The molecular formula is C27H29FN2O4. The van der Waals surface area contributed by atoms with E-state index in [1.54, 1.807) is 41.0 Å². The largest absolute Gasteiger partial charge is 0.486 e. The smallest absolute Gasteiger partial charge is 0.289 e. The highest BCUT2D eigenvalue weighted by molar-refractivity contribution is 5.91. The number of carbonyl (C=O) groups is 2. The summed E-state index contributed by atoms with van der Waals surface area (Å²) in [5.41, 5.74) is 2.94. The molecule has 1 aromatic heterocycles. The van der Waals surface area contributed by atoms with Gasteiger partial charge in [0.15, 0.2) is 5.76 Å². The zero-order chi connectivity index (χ0) is 24.2. The van der Waals surface area contributed by atoms with Gasteiger partial charge in [-0.25, -0.2) is 4.39 Å². The van der Waals surface area contributed by atoms with Crippen molar-refractivity contribution in [2.45, 2.75) is 39.8 Å². The molecule has 0 aliphatic carbocycles. The second kappa shape index (κ2) is 10.1. The highest BCUT2D eigenvalue weighted by atomic mass is 19.1. The number of amides is 2. The van der Waals surface area contributed by atoms with Gasteiger partial charge < -0.3 is 19.0 Å². The highest BCUT2D eigenvalue weighted by Crippen LogP contribution is 2.37. The molecule has 3 aromatic rings. The Morgan fingerprint density at radius 2 is 1.82 bits per heavy atom. The predicted octanol–water partition coefficient (Wildman–Crippen LogP) is 4.97. The fourth-order valence-corrected chi connectivity index (χ4v) is 4.42. The maximum absolute atomic E-state index is 13.5. The molecule has 34 heavy (non-hydrogen) atoms. The Hall–Kier alpha value is -3.61. The fraction of sp³-hybridized carbons (Fsp3) is 0.333.